The molecule has 25 heavy (non-hydrogen) atoms. The van der Waals surface area contributed by atoms with E-state index in [4.69, 9.17) is 9.84 Å². The van der Waals surface area contributed by atoms with Crippen molar-refractivity contribution in [3.8, 4) is 0 Å². The van der Waals surface area contributed by atoms with Crippen molar-refractivity contribution in [2.45, 2.75) is 13.0 Å². The molecule has 0 aliphatic heterocycles. The van der Waals surface area contributed by atoms with E-state index in [1.54, 1.807) is 12.1 Å². The van der Waals surface area contributed by atoms with Crippen LogP contribution in [0.15, 0.2) is 54.6 Å². The molecule has 2 amide bonds. The van der Waals surface area contributed by atoms with Gasteiger partial charge in [-0.05, 0) is 17.7 Å². The molecule has 3 N–H and O–H groups in total. The first-order valence-corrected chi connectivity index (χ1v) is 7.63. The van der Waals surface area contributed by atoms with Crippen LogP contribution in [-0.2, 0) is 16.1 Å². The number of hydrogen-bond donors (Lipinski definition) is 3. The molecule has 0 aliphatic carbocycles. The fourth-order valence-corrected chi connectivity index (χ4v) is 2.04. The maximum absolute atomic E-state index is 11.9. The van der Waals surface area contributed by atoms with Crippen molar-refractivity contribution in [1.29, 1.82) is 0 Å². The number of hydrogen-bond acceptors (Lipinski definition) is 4. The highest BCUT2D eigenvalue weighted by molar-refractivity contribution is 6.00. The minimum absolute atomic E-state index is 0.00557. The third-order valence-corrected chi connectivity index (χ3v) is 3.27. The zero-order valence-electron chi connectivity index (χ0n) is 13.4. The lowest BCUT2D eigenvalue weighted by atomic mass is 10.2. The first-order chi connectivity index (χ1) is 12.1. The van der Waals surface area contributed by atoms with Crippen molar-refractivity contribution in [2.24, 2.45) is 0 Å². The van der Waals surface area contributed by atoms with Gasteiger partial charge in [-0.1, -0.05) is 42.5 Å². The molecule has 0 unspecified atom stereocenters. The normalized spacial score (nSPS) is 9.92. The predicted octanol–water partition coefficient (Wildman–Crippen LogP) is 2.64. The van der Waals surface area contributed by atoms with Crippen LogP contribution in [0.4, 0.5) is 10.5 Å². The highest BCUT2D eigenvalue weighted by Gasteiger charge is 2.12. The van der Waals surface area contributed by atoms with Crippen LogP contribution in [0.2, 0.25) is 0 Å². The second-order valence-corrected chi connectivity index (χ2v) is 5.14. The first-order valence-electron chi connectivity index (χ1n) is 7.63. The van der Waals surface area contributed by atoms with Gasteiger partial charge in [0, 0.05) is 13.0 Å². The molecular formula is C18H18N2O5. The van der Waals surface area contributed by atoms with Crippen molar-refractivity contribution < 1.29 is 24.2 Å². The number of rotatable bonds is 7. The van der Waals surface area contributed by atoms with Gasteiger partial charge in [-0.25, -0.2) is 9.59 Å². The minimum atomic E-state index is -1.13. The smallest absolute Gasteiger partial charge is 0.407 e. The average Bonchev–Trinajstić information content (AvgIpc) is 2.61. The lowest BCUT2D eigenvalue weighted by Crippen LogP contribution is -2.28. The predicted molar refractivity (Wildman–Crippen MR) is 91.3 cm³/mol. The van der Waals surface area contributed by atoms with Gasteiger partial charge in [-0.2, -0.15) is 0 Å². The van der Waals surface area contributed by atoms with Gasteiger partial charge < -0.3 is 20.5 Å². The van der Waals surface area contributed by atoms with E-state index >= 15 is 0 Å². The standard InChI is InChI=1S/C18H18N2O5/c21-16(20-15-9-5-4-8-14(15)17(22)23)10-11-19-18(24)25-12-13-6-2-1-3-7-13/h1-9H,10-12H2,(H,19,24)(H,20,21)(H,22,23). The van der Waals surface area contributed by atoms with E-state index < -0.39 is 18.0 Å². The van der Waals surface area contributed by atoms with Gasteiger partial charge in [0.2, 0.25) is 5.91 Å². The number of anilines is 1. The molecule has 7 nitrogen and oxygen atoms in total. The highest BCUT2D eigenvalue weighted by Crippen LogP contribution is 2.14. The molecule has 0 fully saturated rings. The topological polar surface area (TPSA) is 105 Å². The molecule has 0 heterocycles. The minimum Gasteiger partial charge on any atom is -0.478 e. The van der Waals surface area contributed by atoms with E-state index in [2.05, 4.69) is 10.6 Å². The van der Waals surface area contributed by atoms with E-state index in [0.717, 1.165) is 5.56 Å². The molecule has 0 aliphatic rings. The number of nitrogens with one attached hydrogen (secondary N) is 2. The molecule has 130 valence electrons. The van der Waals surface area contributed by atoms with Crippen LogP contribution in [-0.4, -0.2) is 29.6 Å². The monoisotopic (exact) mass is 342 g/mol. The summed E-state index contributed by atoms with van der Waals surface area (Å²) in [7, 11) is 0. The molecule has 0 saturated carbocycles. The Labute approximate surface area is 144 Å². The number of para-hydroxylation sites is 1. The molecule has 0 aromatic heterocycles. The summed E-state index contributed by atoms with van der Waals surface area (Å²) in [5.41, 5.74) is 1.08. The molecule has 0 atom stereocenters. The summed E-state index contributed by atoms with van der Waals surface area (Å²) < 4.78 is 5.02. The number of aromatic carboxylic acids is 1. The summed E-state index contributed by atoms with van der Waals surface area (Å²) in [6.45, 7) is 0.222. The van der Waals surface area contributed by atoms with Gasteiger partial charge in [0.15, 0.2) is 0 Å². The molecule has 0 saturated heterocycles. The Morgan fingerprint density at radius 2 is 1.64 bits per heavy atom. The molecule has 7 heteroatoms. The Morgan fingerprint density at radius 1 is 0.960 bits per heavy atom. The third kappa shape index (κ3) is 5.98. The van der Waals surface area contributed by atoms with Crippen molar-refractivity contribution >= 4 is 23.7 Å². The highest BCUT2D eigenvalue weighted by atomic mass is 16.5. The summed E-state index contributed by atoms with van der Waals surface area (Å²) in [6.07, 6.45) is -0.628. The van der Waals surface area contributed by atoms with Crippen LogP contribution < -0.4 is 10.6 Å². The van der Waals surface area contributed by atoms with E-state index in [1.165, 1.54) is 12.1 Å². The van der Waals surface area contributed by atoms with Crippen LogP contribution in [0.5, 0.6) is 0 Å². The van der Waals surface area contributed by atoms with E-state index in [1.807, 2.05) is 30.3 Å². The molecular weight excluding hydrogens is 324 g/mol. The number of carbonyl (C=O) groups is 3. The van der Waals surface area contributed by atoms with Gasteiger partial charge in [0.25, 0.3) is 0 Å². The Bertz CT molecular complexity index is 746. The summed E-state index contributed by atoms with van der Waals surface area (Å²) in [6, 6.07) is 15.3. The van der Waals surface area contributed by atoms with Gasteiger partial charge in [0.05, 0.1) is 11.3 Å². The zero-order chi connectivity index (χ0) is 18.1. The number of benzene rings is 2. The first kappa shape index (κ1) is 18.0. The van der Waals surface area contributed by atoms with E-state index in [9.17, 15) is 14.4 Å². The largest absolute Gasteiger partial charge is 0.478 e. The quantitative estimate of drug-likeness (QED) is 0.717. The summed E-state index contributed by atoms with van der Waals surface area (Å²) in [4.78, 5) is 34.5. The SMILES string of the molecule is O=C(CCNC(=O)OCc1ccccc1)Nc1ccccc1C(=O)O. The molecule has 0 spiro atoms. The lowest BCUT2D eigenvalue weighted by molar-refractivity contribution is -0.116. The molecule has 2 aromatic carbocycles. The Balaban J connectivity index is 1.72. The Morgan fingerprint density at radius 3 is 2.36 bits per heavy atom. The summed E-state index contributed by atoms with van der Waals surface area (Å²) in [5, 5.41) is 14.0. The van der Waals surface area contributed by atoms with Crippen molar-refractivity contribution in [1.82, 2.24) is 5.32 Å². The van der Waals surface area contributed by atoms with E-state index in [0.29, 0.717) is 0 Å². The fourth-order valence-electron chi connectivity index (χ4n) is 2.04. The molecule has 2 aromatic rings. The van der Waals surface area contributed by atoms with E-state index in [-0.39, 0.29) is 30.8 Å². The Kier molecular flexibility index (Phi) is 6.53. The van der Waals surface area contributed by atoms with Crippen molar-refractivity contribution in [3.63, 3.8) is 0 Å². The van der Waals surface area contributed by atoms with Gasteiger partial charge in [-0.3, -0.25) is 4.79 Å². The third-order valence-electron chi connectivity index (χ3n) is 3.27. The zero-order valence-corrected chi connectivity index (χ0v) is 13.4. The van der Waals surface area contributed by atoms with Crippen molar-refractivity contribution in [2.75, 3.05) is 11.9 Å². The summed E-state index contributed by atoms with van der Waals surface area (Å²) >= 11 is 0. The number of carbonyl (C=O) groups excluding carboxylic acids is 2. The van der Waals surface area contributed by atoms with Gasteiger partial charge in [0.1, 0.15) is 6.61 Å². The fraction of sp³-hybridized carbons (Fsp3) is 0.167. The van der Waals surface area contributed by atoms with Gasteiger partial charge in [-0.15, -0.1) is 0 Å². The van der Waals surface area contributed by atoms with Crippen LogP contribution in [0, 0.1) is 0 Å². The number of amides is 2. The molecule has 0 radical (unpaired) electrons. The lowest BCUT2D eigenvalue weighted by Gasteiger charge is -2.09. The Hall–Kier alpha value is -3.35. The van der Waals surface area contributed by atoms with Crippen molar-refractivity contribution in [3.05, 3.63) is 65.7 Å². The van der Waals surface area contributed by atoms with Crippen LogP contribution in [0.25, 0.3) is 0 Å². The number of carboxylic acid groups (broad SMARTS) is 1. The van der Waals surface area contributed by atoms with Crippen LogP contribution in [0.1, 0.15) is 22.3 Å². The second-order valence-electron chi connectivity index (χ2n) is 5.14. The van der Waals surface area contributed by atoms with Gasteiger partial charge >= 0.3 is 12.1 Å². The number of alkyl carbamates (subject to hydrolysis) is 1. The van der Waals surface area contributed by atoms with Crippen LogP contribution >= 0.6 is 0 Å². The number of ether oxygens (including phenoxy) is 1. The average molecular weight is 342 g/mol. The maximum atomic E-state index is 11.9. The molecule has 2 rings (SSSR count). The van der Waals surface area contributed by atoms with Crippen LogP contribution in [0.3, 0.4) is 0 Å². The molecule has 0 bridgehead atoms. The maximum Gasteiger partial charge on any atom is 0.407 e. The number of carboxylic acids is 1. The second kappa shape index (κ2) is 9.07. The summed E-state index contributed by atoms with van der Waals surface area (Å²) in [5.74, 6) is -1.53.